The molecule has 0 saturated carbocycles. The van der Waals surface area contributed by atoms with Crippen molar-refractivity contribution >= 4 is 29.6 Å². The van der Waals surface area contributed by atoms with Crippen molar-refractivity contribution in [1.29, 1.82) is 0 Å². The van der Waals surface area contributed by atoms with Gasteiger partial charge in [0, 0.05) is 20.1 Å². The number of methoxy groups -OCH3 is 1. The van der Waals surface area contributed by atoms with E-state index < -0.39 is 0 Å². The highest BCUT2D eigenvalue weighted by Gasteiger charge is 2.26. The lowest BCUT2D eigenvalue weighted by molar-refractivity contribution is -0.120. The van der Waals surface area contributed by atoms with Crippen LogP contribution in [-0.4, -0.2) is 38.1 Å². The molecule has 1 aromatic carbocycles. The normalized spacial score (nSPS) is 13.6. The minimum Gasteiger partial charge on any atom is -0.383 e. The van der Waals surface area contributed by atoms with E-state index in [0.29, 0.717) is 16.7 Å². The maximum Gasteiger partial charge on any atom is 0.209 e. The number of carbonyl (C=O) groups excluding carboxylic acids is 1. The Hall–Kier alpha value is -0.770. The fourth-order valence-corrected chi connectivity index (χ4v) is 3.19. The van der Waals surface area contributed by atoms with Crippen LogP contribution < -0.4 is 0 Å². The summed E-state index contributed by atoms with van der Waals surface area (Å²) >= 11 is 12.2. The third-order valence-electron chi connectivity index (χ3n) is 4.23. The largest absolute Gasteiger partial charge is 0.383 e. The molecule has 0 heterocycles. The Labute approximate surface area is 149 Å². The van der Waals surface area contributed by atoms with Crippen LogP contribution in [0.3, 0.4) is 0 Å². The van der Waals surface area contributed by atoms with Crippen LogP contribution in [0.4, 0.5) is 0 Å². The summed E-state index contributed by atoms with van der Waals surface area (Å²) in [6, 6.07) is 5.72. The van der Waals surface area contributed by atoms with Gasteiger partial charge in [-0.15, -0.1) is 0 Å². The number of likely N-dealkylation sites (N-methyl/N-ethyl adjacent to an activating group) is 1. The van der Waals surface area contributed by atoms with Crippen molar-refractivity contribution in [2.45, 2.75) is 51.0 Å². The van der Waals surface area contributed by atoms with Crippen LogP contribution in [0.15, 0.2) is 18.2 Å². The molecule has 0 aliphatic rings. The third-order valence-corrected chi connectivity index (χ3v) is 4.97. The molecule has 1 amide bonds. The standard InChI is InChI=1S/C18H27Cl2NO2/c1-4-5-6-7-8-15(18(12-23-3)21(2)13-22)14-9-10-16(19)17(20)11-14/h9-11,13,15,18H,4-8,12H2,1-3H3. The lowest BCUT2D eigenvalue weighted by Gasteiger charge is -2.32. The number of carbonyl (C=O) groups is 1. The van der Waals surface area contributed by atoms with Gasteiger partial charge < -0.3 is 9.64 Å². The molecule has 0 saturated heterocycles. The van der Waals surface area contributed by atoms with E-state index in [1.807, 2.05) is 18.2 Å². The lowest BCUT2D eigenvalue weighted by Crippen LogP contribution is -2.39. The van der Waals surface area contributed by atoms with E-state index in [-0.39, 0.29) is 12.0 Å². The molecular formula is C18H27Cl2NO2. The fourth-order valence-electron chi connectivity index (χ4n) is 2.88. The predicted octanol–water partition coefficient (Wildman–Crippen LogP) is 5.15. The fraction of sp³-hybridized carbons (Fsp3) is 0.611. The second-order valence-corrected chi connectivity index (χ2v) is 6.74. The van der Waals surface area contributed by atoms with Crippen LogP contribution >= 0.6 is 23.2 Å². The molecule has 2 unspecified atom stereocenters. The van der Waals surface area contributed by atoms with Crippen LogP contribution in [0.2, 0.25) is 10.0 Å². The molecule has 0 aromatic heterocycles. The van der Waals surface area contributed by atoms with Crippen LogP contribution in [0.1, 0.15) is 50.5 Å². The molecule has 0 aliphatic carbocycles. The van der Waals surface area contributed by atoms with Gasteiger partial charge in [0.1, 0.15) is 0 Å². The summed E-state index contributed by atoms with van der Waals surface area (Å²) in [5.41, 5.74) is 1.10. The van der Waals surface area contributed by atoms with Crippen molar-refractivity contribution in [2.24, 2.45) is 0 Å². The summed E-state index contributed by atoms with van der Waals surface area (Å²) in [6.07, 6.45) is 6.59. The minimum atomic E-state index is -0.0173. The monoisotopic (exact) mass is 359 g/mol. The Morgan fingerprint density at radius 2 is 1.96 bits per heavy atom. The molecule has 0 aliphatic heterocycles. The first-order valence-electron chi connectivity index (χ1n) is 8.16. The smallest absolute Gasteiger partial charge is 0.209 e. The van der Waals surface area contributed by atoms with Crippen LogP contribution in [-0.2, 0) is 9.53 Å². The van der Waals surface area contributed by atoms with E-state index in [2.05, 4.69) is 6.92 Å². The summed E-state index contributed by atoms with van der Waals surface area (Å²) in [4.78, 5) is 13.0. The van der Waals surface area contributed by atoms with Gasteiger partial charge in [-0.25, -0.2) is 0 Å². The molecule has 3 nitrogen and oxygen atoms in total. The van der Waals surface area contributed by atoms with Gasteiger partial charge in [-0.2, -0.15) is 0 Å². The van der Waals surface area contributed by atoms with Gasteiger partial charge >= 0.3 is 0 Å². The predicted molar refractivity (Wildman–Crippen MR) is 97.5 cm³/mol. The Morgan fingerprint density at radius 1 is 1.22 bits per heavy atom. The van der Waals surface area contributed by atoms with E-state index in [1.54, 1.807) is 19.1 Å². The Morgan fingerprint density at radius 3 is 2.52 bits per heavy atom. The zero-order valence-electron chi connectivity index (χ0n) is 14.2. The molecule has 0 N–H and O–H groups in total. The van der Waals surface area contributed by atoms with Gasteiger partial charge in [-0.3, -0.25) is 4.79 Å². The number of hydrogen-bond donors (Lipinski definition) is 0. The Bertz CT molecular complexity index is 482. The van der Waals surface area contributed by atoms with E-state index in [4.69, 9.17) is 27.9 Å². The first kappa shape index (κ1) is 20.3. The number of unbranched alkanes of at least 4 members (excludes halogenated alkanes) is 3. The van der Waals surface area contributed by atoms with Crippen LogP contribution in [0.25, 0.3) is 0 Å². The molecule has 5 heteroatoms. The van der Waals surface area contributed by atoms with Gasteiger partial charge in [-0.1, -0.05) is 61.9 Å². The topological polar surface area (TPSA) is 29.5 Å². The number of hydrogen-bond acceptors (Lipinski definition) is 2. The number of amides is 1. The second-order valence-electron chi connectivity index (χ2n) is 5.92. The van der Waals surface area contributed by atoms with E-state index in [1.165, 1.54) is 19.3 Å². The molecule has 0 radical (unpaired) electrons. The molecule has 1 aromatic rings. The molecule has 1 rings (SSSR count). The zero-order valence-corrected chi connectivity index (χ0v) is 15.7. The SMILES string of the molecule is CCCCCCC(c1ccc(Cl)c(Cl)c1)C(COC)N(C)C=O. The van der Waals surface area contributed by atoms with Crippen molar-refractivity contribution in [3.63, 3.8) is 0 Å². The van der Waals surface area contributed by atoms with Crippen LogP contribution in [0.5, 0.6) is 0 Å². The maximum atomic E-state index is 11.3. The van der Waals surface area contributed by atoms with E-state index >= 15 is 0 Å². The van der Waals surface area contributed by atoms with Gasteiger partial charge in [0.2, 0.25) is 6.41 Å². The van der Waals surface area contributed by atoms with Gasteiger partial charge in [0.15, 0.2) is 0 Å². The molecule has 0 spiro atoms. The summed E-state index contributed by atoms with van der Waals surface area (Å²) in [6.45, 7) is 2.69. The van der Waals surface area contributed by atoms with Crippen molar-refractivity contribution < 1.29 is 9.53 Å². The molecular weight excluding hydrogens is 333 g/mol. The van der Waals surface area contributed by atoms with Crippen molar-refractivity contribution in [2.75, 3.05) is 20.8 Å². The summed E-state index contributed by atoms with van der Waals surface area (Å²) < 4.78 is 5.35. The summed E-state index contributed by atoms with van der Waals surface area (Å²) in [5, 5.41) is 1.10. The molecule has 2 atom stereocenters. The Kier molecular flexibility index (Phi) is 9.61. The maximum absolute atomic E-state index is 11.3. The quantitative estimate of drug-likeness (QED) is 0.403. The highest BCUT2D eigenvalue weighted by Crippen LogP contribution is 2.33. The number of ether oxygens (including phenoxy) is 1. The first-order valence-corrected chi connectivity index (χ1v) is 8.91. The highest BCUT2D eigenvalue weighted by molar-refractivity contribution is 6.42. The third kappa shape index (κ3) is 6.33. The molecule has 0 bridgehead atoms. The number of benzene rings is 1. The molecule has 130 valence electrons. The minimum absolute atomic E-state index is 0.0173. The van der Waals surface area contributed by atoms with Crippen molar-refractivity contribution in [3.8, 4) is 0 Å². The van der Waals surface area contributed by atoms with Crippen molar-refractivity contribution in [1.82, 2.24) is 4.90 Å². The molecule has 0 fully saturated rings. The van der Waals surface area contributed by atoms with Gasteiger partial charge in [0.25, 0.3) is 0 Å². The summed E-state index contributed by atoms with van der Waals surface area (Å²) in [5.74, 6) is 0.178. The van der Waals surface area contributed by atoms with Crippen LogP contribution in [0, 0.1) is 0 Å². The average Bonchev–Trinajstić information content (AvgIpc) is 2.55. The van der Waals surface area contributed by atoms with Gasteiger partial charge in [0.05, 0.1) is 22.7 Å². The second kappa shape index (κ2) is 10.9. The first-order chi connectivity index (χ1) is 11.0. The number of rotatable bonds is 11. The van der Waals surface area contributed by atoms with E-state index in [9.17, 15) is 4.79 Å². The summed E-state index contributed by atoms with van der Waals surface area (Å²) in [7, 11) is 3.46. The van der Waals surface area contributed by atoms with E-state index in [0.717, 1.165) is 24.8 Å². The average molecular weight is 360 g/mol. The van der Waals surface area contributed by atoms with Gasteiger partial charge in [-0.05, 0) is 24.1 Å². The van der Waals surface area contributed by atoms with Crippen molar-refractivity contribution in [3.05, 3.63) is 33.8 Å². The lowest BCUT2D eigenvalue weighted by atomic mass is 9.86. The molecule has 23 heavy (non-hydrogen) atoms. The zero-order chi connectivity index (χ0) is 17.2. The number of halogens is 2. The Balaban J connectivity index is 3.02. The number of nitrogens with zero attached hydrogens (tertiary/aromatic N) is 1. The highest BCUT2D eigenvalue weighted by atomic mass is 35.5.